The summed E-state index contributed by atoms with van der Waals surface area (Å²) in [6, 6.07) is 4.36. The van der Waals surface area contributed by atoms with Gasteiger partial charge >= 0.3 is 5.97 Å². The number of amides is 1. The first kappa shape index (κ1) is 15.0. The van der Waals surface area contributed by atoms with Crippen molar-refractivity contribution >= 4 is 33.5 Å². The van der Waals surface area contributed by atoms with E-state index in [1.807, 2.05) is 6.92 Å². The highest BCUT2D eigenvalue weighted by Gasteiger charge is 2.43. The van der Waals surface area contributed by atoms with Crippen molar-refractivity contribution in [2.75, 3.05) is 5.32 Å². The molecule has 0 aromatic heterocycles. The average Bonchev–Trinajstić information content (AvgIpc) is 2.73. The minimum atomic E-state index is -1.03. The topological polar surface area (TPSA) is 92.4 Å². The van der Waals surface area contributed by atoms with E-state index < -0.39 is 11.4 Å². The van der Waals surface area contributed by atoms with Gasteiger partial charge in [0.2, 0.25) is 5.91 Å². The Morgan fingerprint density at radius 1 is 1.50 bits per heavy atom. The number of carbonyl (C=O) groups excluding carboxylic acids is 1. The van der Waals surface area contributed by atoms with Crippen molar-refractivity contribution in [2.24, 2.45) is 11.1 Å². The second kappa shape index (κ2) is 5.54. The minimum absolute atomic E-state index is 0.129. The van der Waals surface area contributed by atoms with Gasteiger partial charge in [-0.3, -0.25) is 4.79 Å². The number of nitrogens with one attached hydrogen (secondary N) is 1. The molecule has 1 amide bonds. The monoisotopic (exact) mass is 340 g/mol. The Morgan fingerprint density at radius 2 is 2.20 bits per heavy atom. The molecule has 0 spiro atoms. The highest BCUT2D eigenvalue weighted by atomic mass is 79.9. The summed E-state index contributed by atoms with van der Waals surface area (Å²) in [4.78, 5) is 23.4. The lowest BCUT2D eigenvalue weighted by molar-refractivity contribution is -0.125. The van der Waals surface area contributed by atoms with Crippen LogP contribution in [0.25, 0.3) is 0 Å². The predicted octanol–water partition coefficient (Wildman–Crippen LogP) is 2.60. The van der Waals surface area contributed by atoms with Crippen LogP contribution in [0.5, 0.6) is 0 Å². The number of carbonyl (C=O) groups is 2. The van der Waals surface area contributed by atoms with Crippen molar-refractivity contribution in [1.29, 1.82) is 0 Å². The Balaban J connectivity index is 2.23. The molecule has 0 bridgehead atoms. The zero-order chi connectivity index (χ0) is 14.9. The quantitative estimate of drug-likeness (QED) is 0.788. The maximum atomic E-state index is 12.4. The molecular formula is C14H17BrN2O3. The molecule has 6 heteroatoms. The van der Waals surface area contributed by atoms with E-state index in [0.29, 0.717) is 10.2 Å². The van der Waals surface area contributed by atoms with E-state index in [-0.39, 0.29) is 17.5 Å². The number of benzene rings is 1. The number of aromatic carboxylic acids is 1. The molecular weight excluding hydrogens is 324 g/mol. The summed E-state index contributed by atoms with van der Waals surface area (Å²) >= 11 is 3.31. The lowest BCUT2D eigenvalue weighted by Gasteiger charge is -2.27. The molecule has 1 saturated carbocycles. The molecule has 4 N–H and O–H groups in total. The average molecular weight is 341 g/mol. The fourth-order valence-corrected chi connectivity index (χ4v) is 2.84. The fourth-order valence-electron chi connectivity index (χ4n) is 2.49. The normalized spacial score (nSPS) is 25.4. The SMILES string of the molecule is CC1(C(=O)Nc2cc(C(=O)O)ccc2Br)CCCC1N. The van der Waals surface area contributed by atoms with Crippen LogP contribution in [-0.4, -0.2) is 23.0 Å². The van der Waals surface area contributed by atoms with E-state index >= 15 is 0 Å². The van der Waals surface area contributed by atoms with E-state index in [1.165, 1.54) is 12.1 Å². The van der Waals surface area contributed by atoms with Gasteiger partial charge in [0.1, 0.15) is 0 Å². The molecule has 2 unspecified atom stereocenters. The van der Waals surface area contributed by atoms with Crippen molar-refractivity contribution in [1.82, 2.24) is 0 Å². The summed E-state index contributed by atoms with van der Waals surface area (Å²) in [5.41, 5.74) is 6.00. The van der Waals surface area contributed by atoms with Crippen LogP contribution >= 0.6 is 15.9 Å². The van der Waals surface area contributed by atoms with Crippen LogP contribution < -0.4 is 11.1 Å². The summed E-state index contributed by atoms with van der Waals surface area (Å²) in [5.74, 6) is -1.19. The van der Waals surface area contributed by atoms with Crippen LogP contribution in [0.1, 0.15) is 36.5 Å². The molecule has 108 valence electrons. The number of rotatable bonds is 3. The number of carboxylic acids is 1. The first-order chi connectivity index (χ1) is 9.34. The molecule has 2 rings (SSSR count). The van der Waals surface area contributed by atoms with Crippen molar-refractivity contribution < 1.29 is 14.7 Å². The molecule has 1 fully saturated rings. The van der Waals surface area contributed by atoms with Crippen LogP contribution in [0.2, 0.25) is 0 Å². The third kappa shape index (κ3) is 2.71. The first-order valence-electron chi connectivity index (χ1n) is 6.44. The van der Waals surface area contributed by atoms with Crippen LogP contribution in [-0.2, 0) is 4.79 Å². The van der Waals surface area contributed by atoms with Crippen molar-refractivity contribution in [3.63, 3.8) is 0 Å². The Bertz CT molecular complexity index is 561. The Hall–Kier alpha value is -1.40. The summed E-state index contributed by atoms with van der Waals surface area (Å²) in [5, 5.41) is 11.8. The Labute approximate surface area is 125 Å². The highest BCUT2D eigenvalue weighted by molar-refractivity contribution is 9.10. The number of halogens is 1. The van der Waals surface area contributed by atoms with E-state index in [9.17, 15) is 9.59 Å². The molecule has 0 saturated heterocycles. The molecule has 1 aromatic carbocycles. The lowest BCUT2D eigenvalue weighted by Crippen LogP contribution is -2.44. The summed E-state index contributed by atoms with van der Waals surface area (Å²) in [7, 11) is 0. The standard InChI is InChI=1S/C14H17BrN2O3/c1-14(6-2-3-11(14)16)13(20)17-10-7-8(12(18)19)4-5-9(10)15/h4-5,7,11H,2-3,6,16H2,1H3,(H,17,20)(H,18,19). The van der Waals surface area contributed by atoms with Crippen molar-refractivity contribution in [3.8, 4) is 0 Å². The maximum absolute atomic E-state index is 12.4. The van der Waals surface area contributed by atoms with E-state index in [0.717, 1.165) is 19.3 Å². The Kier molecular flexibility index (Phi) is 4.15. The molecule has 5 nitrogen and oxygen atoms in total. The van der Waals surface area contributed by atoms with Gasteiger partial charge in [0.15, 0.2) is 0 Å². The zero-order valence-corrected chi connectivity index (χ0v) is 12.7. The minimum Gasteiger partial charge on any atom is -0.478 e. The van der Waals surface area contributed by atoms with Crippen molar-refractivity contribution in [3.05, 3.63) is 28.2 Å². The van der Waals surface area contributed by atoms with Gasteiger partial charge in [-0.1, -0.05) is 6.42 Å². The van der Waals surface area contributed by atoms with Crippen LogP contribution in [0.15, 0.2) is 22.7 Å². The van der Waals surface area contributed by atoms with E-state index in [4.69, 9.17) is 10.8 Å². The summed E-state index contributed by atoms with van der Waals surface area (Å²) < 4.78 is 0.644. The number of hydrogen-bond acceptors (Lipinski definition) is 3. The van der Waals surface area contributed by atoms with Gasteiger partial charge in [-0.05, 0) is 53.9 Å². The number of carboxylic acid groups (broad SMARTS) is 1. The fraction of sp³-hybridized carbons (Fsp3) is 0.429. The molecule has 0 radical (unpaired) electrons. The third-order valence-electron chi connectivity index (χ3n) is 4.01. The molecule has 20 heavy (non-hydrogen) atoms. The van der Waals surface area contributed by atoms with Gasteiger partial charge in [0.25, 0.3) is 0 Å². The van der Waals surface area contributed by atoms with Crippen LogP contribution in [0, 0.1) is 5.41 Å². The largest absolute Gasteiger partial charge is 0.478 e. The molecule has 0 aliphatic heterocycles. The van der Waals surface area contributed by atoms with Gasteiger partial charge in [0.05, 0.1) is 16.7 Å². The molecule has 1 aliphatic carbocycles. The smallest absolute Gasteiger partial charge is 0.335 e. The number of nitrogens with two attached hydrogens (primary N) is 1. The van der Waals surface area contributed by atoms with E-state index in [1.54, 1.807) is 6.07 Å². The van der Waals surface area contributed by atoms with Gasteiger partial charge in [0, 0.05) is 10.5 Å². The van der Waals surface area contributed by atoms with E-state index in [2.05, 4.69) is 21.2 Å². The zero-order valence-electron chi connectivity index (χ0n) is 11.1. The van der Waals surface area contributed by atoms with Crippen LogP contribution in [0.3, 0.4) is 0 Å². The molecule has 1 aliphatic rings. The third-order valence-corrected chi connectivity index (χ3v) is 4.70. The lowest BCUT2D eigenvalue weighted by atomic mass is 9.84. The highest BCUT2D eigenvalue weighted by Crippen LogP contribution is 2.38. The van der Waals surface area contributed by atoms with Crippen molar-refractivity contribution in [2.45, 2.75) is 32.2 Å². The molecule has 1 aromatic rings. The maximum Gasteiger partial charge on any atom is 0.335 e. The van der Waals surface area contributed by atoms with Crippen LogP contribution in [0.4, 0.5) is 5.69 Å². The number of anilines is 1. The van der Waals surface area contributed by atoms with Gasteiger partial charge in [-0.25, -0.2) is 4.79 Å². The predicted molar refractivity (Wildman–Crippen MR) is 79.7 cm³/mol. The molecule has 2 atom stereocenters. The second-order valence-corrected chi connectivity index (χ2v) is 6.22. The first-order valence-corrected chi connectivity index (χ1v) is 7.24. The summed E-state index contributed by atoms with van der Waals surface area (Å²) in [6.07, 6.45) is 2.51. The van der Waals surface area contributed by atoms with Gasteiger partial charge < -0.3 is 16.2 Å². The second-order valence-electron chi connectivity index (χ2n) is 5.37. The molecule has 0 heterocycles. The summed E-state index contributed by atoms with van der Waals surface area (Å²) in [6.45, 7) is 1.86. The van der Waals surface area contributed by atoms with Gasteiger partial charge in [-0.2, -0.15) is 0 Å². The number of hydrogen-bond donors (Lipinski definition) is 3. The van der Waals surface area contributed by atoms with Gasteiger partial charge in [-0.15, -0.1) is 0 Å². The Morgan fingerprint density at radius 3 is 2.75 bits per heavy atom.